The molecule has 6 nitrogen and oxygen atoms in total. The van der Waals surface area contributed by atoms with Crippen LogP contribution in [0.1, 0.15) is 0 Å². The summed E-state index contributed by atoms with van der Waals surface area (Å²) >= 11 is 0. The van der Waals surface area contributed by atoms with Gasteiger partial charge in [0.2, 0.25) is 0 Å². The van der Waals surface area contributed by atoms with E-state index >= 15 is 0 Å². The van der Waals surface area contributed by atoms with E-state index in [0.717, 1.165) is 10.3 Å². The van der Waals surface area contributed by atoms with Crippen molar-refractivity contribution in [2.24, 2.45) is 14.1 Å². The summed E-state index contributed by atoms with van der Waals surface area (Å²) in [6, 6.07) is 7.36. The maximum atomic E-state index is 12.1. The predicted molar refractivity (Wildman–Crippen MR) is 78.2 cm³/mol. The first-order valence-corrected chi connectivity index (χ1v) is 6.13. The molecule has 0 saturated carbocycles. The number of fused-ring (bicyclic) bond motifs is 1. The highest BCUT2D eigenvalue weighted by molar-refractivity contribution is 5.79. The minimum Gasteiger partial charge on any atom is -0.397 e. The van der Waals surface area contributed by atoms with Gasteiger partial charge in [-0.15, -0.1) is 0 Å². The molecule has 1 aromatic carbocycles. The molecule has 0 unspecified atom stereocenters. The summed E-state index contributed by atoms with van der Waals surface area (Å²) in [6.07, 6.45) is 3.44. The van der Waals surface area contributed by atoms with Gasteiger partial charge in [-0.3, -0.25) is 13.9 Å². The van der Waals surface area contributed by atoms with Gasteiger partial charge in [-0.2, -0.15) is 0 Å². The third-order valence-corrected chi connectivity index (χ3v) is 3.49. The lowest BCUT2D eigenvalue weighted by Crippen LogP contribution is -2.36. The Hall–Kier alpha value is -2.76. The van der Waals surface area contributed by atoms with Gasteiger partial charge >= 0.3 is 5.69 Å². The minimum atomic E-state index is -0.346. The fourth-order valence-corrected chi connectivity index (χ4v) is 2.33. The number of nitrogens with zero attached hydrogens (tertiary/aromatic N) is 3. The fourth-order valence-electron chi connectivity index (χ4n) is 2.33. The quantitative estimate of drug-likeness (QED) is 0.658. The molecule has 0 aliphatic carbocycles. The summed E-state index contributed by atoms with van der Waals surface area (Å²) in [7, 11) is 3.11. The van der Waals surface area contributed by atoms with Gasteiger partial charge in [-0.05, 0) is 12.1 Å². The van der Waals surface area contributed by atoms with E-state index in [0.29, 0.717) is 16.6 Å². The summed E-state index contributed by atoms with van der Waals surface area (Å²) in [5.74, 6) is 0. The SMILES string of the molecule is Cn1c(=O)c2cn(-c3ccccc3N)cc2n(C)c1=O. The van der Waals surface area contributed by atoms with E-state index in [1.54, 1.807) is 30.1 Å². The summed E-state index contributed by atoms with van der Waals surface area (Å²) < 4.78 is 4.31. The Morgan fingerprint density at radius 3 is 2.40 bits per heavy atom. The lowest BCUT2D eigenvalue weighted by molar-refractivity contribution is 0.714. The molecule has 3 rings (SSSR count). The largest absolute Gasteiger partial charge is 0.397 e. The van der Waals surface area contributed by atoms with Crippen LogP contribution in [-0.4, -0.2) is 13.7 Å². The van der Waals surface area contributed by atoms with Gasteiger partial charge < -0.3 is 10.3 Å². The summed E-state index contributed by atoms with van der Waals surface area (Å²) in [4.78, 5) is 24.0. The number of rotatable bonds is 1. The number of aryl methyl sites for hydroxylation is 1. The average molecular weight is 270 g/mol. The number of nitrogen functional groups attached to an aromatic ring is 1. The highest BCUT2D eigenvalue weighted by atomic mass is 16.2. The van der Waals surface area contributed by atoms with Crippen molar-refractivity contribution in [1.82, 2.24) is 13.7 Å². The van der Waals surface area contributed by atoms with Gasteiger partial charge in [0.1, 0.15) is 0 Å². The van der Waals surface area contributed by atoms with E-state index in [-0.39, 0.29) is 11.2 Å². The van der Waals surface area contributed by atoms with Crippen LogP contribution in [0.25, 0.3) is 16.6 Å². The van der Waals surface area contributed by atoms with Crippen LogP contribution in [0.2, 0.25) is 0 Å². The van der Waals surface area contributed by atoms with Crippen molar-refractivity contribution in [2.75, 3.05) is 5.73 Å². The third-order valence-electron chi connectivity index (χ3n) is 3.49. The molecule has 0 bridgehead atoms. The van der Waals surface area contributed by atoms with E-state index in [9.17, 15) is 9.59 Å². The zero-order valence-electron chi connectivity index (χ0n) is 11.2. The number of aromatic nitrogens is 3. The number of anilines is 1. The highest BCUT2D eigenvalue weighted by Crippen LogP contribution is 2.19. The maximum absolute atomic E-state index is 12.1. The molecule has 102 valence electrons. The van der Waals surface area contributed by atoms with Gasteiger partial charge in [0.25, 0.3) is 5.56 Å². The van der Waals surface area contributed by atoms with Crippen LogP contribution in [0.5, 0.6) is 0 Å². The van der Waals surface area contributed by atoms with Gasteiger partial charge in [0.05, 0.1) is 22.3 Å². The average Bonchev–Trinajstić information content (AvgIpc) is 2.88. The van der Waals surface area contributed by atoms with Gasteiger partial charge in [-0.1, -0.05) is 12.1 Å². The molecule has 2 heterocycles. The first-order chi connectivity index (χ1) is 9.50. The second-order valence-electron chi connectivity index (χ2n) is 4.73. The number of hydrogen-bond acceptors (Lipinski definition) is 3. The summed E-state index contributed by atoms with van der Waals surface area (Å²) in [5.41, 5.74) is 7.25. The summed E-state index contributed by atoms with van der Waals surface area (Å²) in [6.45, 7) is 0. The third kappa shape index (κ3) is 1.58. The molecule has 0 saturated heterocycles. The Labute approximate surface area is 114 Å². The predicted octanol–water partition coefficient (Wildman–Crippen LogP) is 0.610. The molecule has 20 heavy (non-hydrogen) atoms. The van der Waals surface area contributed by atoms with Gasteiger partial charge in [0, 0.05) is 26.5 Å². The first kappa shape index (κ1) is 12.3. The maximum Gasteiger partial charge on any atom is 0.330 e. The zero-order chi connectivity index (χ0) is 14.4. The molecular formula is C14H14N4O2. The molecule has 0 aliphatic heterocycles. The van der Waals surface area contributed by atoms with E-state index in [1.807, 2.05) is 18.2 Å². The number of hydrogen-bond donors (Lipinski definition) is 1. The zero-order valence-corrected chi connectivity index (χ0v) is 11.2. The Balaban J connectivity index is 2.41. The molecular weight excluding hydrogens is 256 g/mol. The molecule has 3 aromatic rings. The molecule has 2 N–H and O–H groups in total. The standard InChI is InChI=1S/C14H14N4O2/c1-16-12-8-18(11-6-4-3-5-10(11)15)7-9(12)13(19)17(2)14(16)20/h3-8H,15H2,1-2H3. The molecule has 0 fully saturated rings. The molecule has 2 aromatic heterocycles. The molecule has 0 amide bonds. The number of nitrogens with two attached hydrogens (primary N) is 1. The monoisotopic (exact) mass is 270 g/mol. The second kappa shape index (κ2) is 4.12. The minimum absolute atomic E-state index is 0.309. The van der Waals surface area contributed by atoms with Crippen LogP contribution in [-0.2, 0) is 14.1 Å². The van der Waals surface area contributed by atoms with Gasteiger partial charge in [0.15, 0.2) is 0 Å². The number of para-hydroxylation sites is 2. The fraction of sp³-hybridized carbons (Fsp3) is 0.143. The molecule has 6 heteroatoms. The highest BCUT2D eigenvalue weighted by Gasteiger charge is 2.12. The van der Waals surface area contributed by atoms with Crippen LogP contribution >= 0.6 is 0 Å². The van der Waals surface area contributed by atoms with Crippen molar-refractivity contribution in [3.05, 3.63) is 57.5 Å². The smallest absolute Gasteiger partial charge is 0.330 e. The van der Waals surface area contributed by atoms with Crippen molar-refractivity contribution in [3.8, 4) is 5.69 Å². The van der Waals surface area contributed by atoms with Crippen LogP contribution in [0.3, 0.4) is 0 Å². The van der Waals surface area contributed by atoms with Crippen molar-refractivity contribution < 1.29 is 0 Å². The Kier molecular flexibility index (Phi) is 2.53. The van der Waals surface area contributed by atoms with Crippen molar-refractivity contribution in [2.45, 2.75) is 0 Å². The van der Waals surface area contributed by atoms with E-state index < -0.39 is 0 Å². The number of benzene rings is 1. The van der Waals surface area contributed by atoms with Gasteiger partial charge in [-0.25, -0.2) is 4.79 Å². The van der Waals surface area contributed by atoms with Crippen molar-refractivity contribution >= 4 is 16.6 Å². The van der Waals surface area contributed by atoms with E-state index in [1.165, 1.54) is 11.6 Å². The van der Waals surface area contributed by atoms with E-state index in [2.05, 4.69) is 0 Å². The van der Waals surface area contributed by atoms with Crippen molar-refractivity contribution in [1.29, 1.82) is 0 Å². The van der Waals surface area contributed by atoms with Crippen LogP contribution in [0.15, 0.2) is 46.2 Å². The van der Waals surface area contributed by atoms with Crippen LogP contribution in [0.4, 0.5) is 5.69 Å². The lowest BCUT2D eigenvalue weighted by atomic mass is 10.3. The normalized spacial score (nSPS) is 11.1. The Bertz CT molecular complexity index is 930. The molecule has 0 radical (unpaired) electrons. The Morgan fingerprint density at radius 2 is 1.70 bits per heavy atom. The Morgan fingerprint density at radius 1 is 1.00 bits per heavy atom. The molecule has 0 atom stereocenters. The molecule has 0 aliphatic rings. The first-order valence-electron chi connectivity index (χ1n) is 6.13. The second-order valence-corrected chi connectivity index (χ2v) is 4.73. The van der Waals surface area contributed by atoms with E-state index in [4.69, 9.17) is 5.73 Å². The van der Waals surface area contributed by atoms with Crippen LogP contribution in [0, 0.1) is 0 Å². The topological polar surface area (TPSA) is 75.0 Å². The van der Waals surface area contributed by atoms with Crippen molar-refractivity contribution in [3.63, 3.8) is 0 Å². The molecule has 0 spiro atoms. The summed E-state index contributed by atoms with van der Waals surface area (Å²) in [5, 5.41) is 0.484. The lowest BCUT2D eigenvalue weighted by Gasteiger charge is -2.05. The van der Waals surface area contributed by atoms with Crippen LogP contribution < -0.4 is 17.0 Å².